The Kier molecular flexibility index (Phi) is 5.53. The maximum atomic E-state index is 13.4. The third-order valence-electron chi connectivity index (χ3n) is 2.63. The smallest absolute Gasteiger partial charge is 0.416 e. The van der Waals surface area contributed by atoms with E-state index in [1.165, 1.54) is 0 Å². The number of likely N-dealkylation sites (N-methyl/N-ethyl adjacent to an activating group) is 1. The number of anilines is 1. The van der Waals surface area contributed by atoms with E-state index in [4.69, 9.17) is 5.11 Å². The molecule has 0 radical (unpaired) electrons. The van der Waals surface area contributed by atoms with Gasteiger partial charge in [0.15, 0.2) is 23.5 Å². The van der Waals surface area contributed by atoms with E-state index in [-0.39, 0.29) is 5.69 Å². The fourth-order valence-electron chi connectivity index (χ4n) is 1.49. The first kappa shape index (κ1) is 18.0. The van der Waals surface area contributed by atoms with Crippen molar-refractivity contribution >= 4 is 11.7 Å². The molecule has 0 aliphatic rings. The van der Waals surface area contributed by atoms with Crippen molar-refractivity contribution in [1.82, 2.24) is 4.90 Å². The van der Waals surface area contributed by atoms with E-state index in [2.05, 4.69) is 4.74 Å². The Morgan fingerprint density at radius 3 is 2.27 bits per heavy atom. The number of alkyl halides is 3. The van der Waals surface area contributed by atoms with E-state index in [9.17, 15) is 26.7 Å². The predicted molar refractivity (Wildman–Crippen MR) is 66.6 cm³/mol. The number of rotatable bonds is 4. The van der Waals surface area contributed by atoms with Crippen LogP contribution in [-0.4, -0.2) is 49.0 Å². The molecule has 2 N–H and O–H groups in total. The van der Waals surface area contributed by atoms with Crippen molar-refractivity contribution in [2.24, 2.45) is 0 Å². The van der Waals surface area contributed by atoms with E-state index in [1.807, 2.05) is 5.32 Å². The van der Waals surface area contributed by atoms with Gasteiger partial charge in [-0.3, -0.25) is 0 Å². The number of aliphatic hydroxyl groups is 1. The summed E-state index contributed by atoms with van der Waals surface area (Å²) in [5, 5.41) is 10.8. The van der Waals surface area contributed by atoms with Crippen molar-refractivity contribution in [1.29, 1.82) is 0 Å². The Morgan fingerprint density at radius 1 is 1.36 bits per heavy atom. The van der Waals surface area contributed by atoms with Crippen LogP contribution in [0.25, 0.3) is 0 Å². The van der Waals surface area contributed by atoms with Crippen LogP contribution in [0, 0.1) is 11.6 Å². The maximum absolute atomic E-state index is 13.4. The van der Waals surface area contributed by atoms with Crippen molar-refractivity contribution < 1.29 is 36.6 Å². The molecule has 0 saturated heterocycles. The van der Waals surface area contributed by atoms with Crippen LogP contribution in [0.4, 0.5) is 32.4 Å². The topological polar surface area (TPSA) is 61.8 Å². The summed E-state index contributed by atoms with van der Waals surface area (Å²) in [6.07, 6.45) is -7.61. The fraction of sp³-hybridized carbons (Fsp3) is 0.417. The highest BCUT2D eigenvalue weighted by Crippen LogP contribution is 2.25. The second-order valence-corrected chi connectivity index (χ2v) is 4.34. The number of benzene rings is 1. The molecule has 0 saturated carbocycles. The molecule has 2 amide bonds. The van der Waals surface area contributed by atoms with E-state index in [0.717, 1.165) is 26.3 Å². The van der Waals surface area contributed by atoms with Gasteiger partial charge in [0, 0.05) is 24.9 Å². The number of hydrogen-bond donors (Lipinski definition) is 2. The number of ether oxygens (including phenoxy) is 1. The van der Waals surface area contributed by atoms with Gasteiger partial charge in [-0.05, 0) is 0 Å². The van der Waals surface area contributed by atoms with Crippen LogP contribution in [0.3, 0.4) is 0 Å². The molecular weight excluding hydrogens is 315 g/mol. The maximum Gasteiger partial charge on any atom is 0.416 e. The van der Waals surface area contributed by atoms with Crippen molar-refractivity contribution in [2.75, 3.05) is 26.0 Å². The van der Waals surface area contributed by atoms with Crippen molar-refractivity contribution in [3.8, 4) is 5.75 Å². The zero-order valence-electron chi connectivity index (χ0n) is 11.5. The molecule has 0 heterocycles. The van der Waals surface area contributed by atoms with Gasteiger partial charge in [-0.25, -0.2) is 13.6 Å². The molecule has 0 aliphatic heterocycles. The minimum Gasteiger partial charge on any atom is -0.491 e. The van der Waals surface area contributed by atoms with Crippen molar-refractivity contribution in [3.05, 3.63) is 23.8 Å². The van der Waals surface area contributed by atoms with Crippen LogP contribution >= 0.6 is 0 Å². The van der Waals surface area contributed by atoms with Crippen LogP contribution in [0.2, 0.25) is 0 Å². The third kappa shape index (κ3) is 4.45. The fourth-order valence-corrected chi connectivity index (χ4v) is 1.49. The Hall–Kier alpha value is -2.10. The van der Waals surface area contributed by atoms with Crippen molar-refractivity contribution in [2.45, 2.75) is 12.3 Å². The van der Waals surface area contributed by atoms with Gasteiger partial charge in [0.25, 0.3) is 0 Å². The van der Waals surface area contributed by atoms with E-state index < -0.39 is 42.2 Å². The van der Waals surface area contributed by atoms with Gasteiger partial charge in [-0.1, -0.05) is 0 Å². The summed E-state index contributed by atoms with van der Waals surface area (Å²) in [4.78, 5) is 12.1. The second-order valence-electron chi connectivity index (χ2n) is 4.34. The lowest BCUT2D eigenvalue weighted by Crippen LogP contribution is -2.43. The minimum absolute atomic E-state index is 0.311. The number of methoxy groups -OCH3 is 1. The van der Waals surface area contributed by atoms with Gasteiger partial charge in [0.1, 0.15) is 0 Å². The average Bonchev–Trinajstić information content (AvgIpc) is 2.36. The molecule has 0 aromatic heterocycles. The summed E-state index contributed by atoms with van der Waals surface area (Å²) >= 11 is 0. The third-order valence-corrected chi connectivity index (χ3v) is 2.63. The number of hydrogen-bond acceptors (Lipinski definition) is 3. The summed E-state index contributed by atoms with van der Waals surface area (Å²) in [5.41, 5.74) is -0.311. The molecule has 0 spiro atoms. The molecule has 0 aliphatic carbocycles. The first-order chi connectivity index (χ1) is 10.1. The van der Waals surface area contributed by atoms with Crippen LogP contribution in [0.1, 0.15) is 0 Å². The molecule has 0 fully saturated rings. The molecule has 22 heavy (non-hydrogen) atoms. The number of amides is 2. The van der Waals surface area contributed by atoms with Gasteiger partial charge in [-0.2, -0.15) is 13.2 Å². The highest BCUT2D eigenvalue weighted by atomic mass is 19.4. The lowest BCUT2D eigenvalue weighted by Gasteiger charge is -2.22. The normalized spacial score (nSPS) is 12.7. The lowest BCUT2D eigenvalue weighted by molar-refractivity contribution is -0.205. The summed E-state index contributed by atoms with van der Waals surface area (Å²) in [5.74, 6) is -2.83. The van der Waals surface area contributed by atoms with E-state index in [0.29, 0.717) is 4.90 Å². The number of halogens is 5. The van der Waals surface area contributed by atoms with Gasteiger partial charge >= 0.3 is 12.2 Å². The number of carbonyl (C=O) groups excluding carboxylic acids is 1. The summed E-state index contributed by atoms with van der Waals surface area (Å²) < 4.78 is 67.8. The summed E-state index contributed by atoms with van der Waals surface area (Å²) in [6, 6.07) is 0.411. The molecule has 10 heteroatoms. The lowest BCUT2D eigenvalue weighted by atomic mass is 10.2. The highest BCUT2D eigenvalue weighted by Gasteiger charge is 2.39. The van der Waals surface area contributed by atoms with Gasteiger partial charge in [0.2, 0.25) is 0 Å². The number of nitrogens with zero attached hydrogens (tertiary/aromatic N) is 1. The molecule has 1 rings (SSSR count). The average molecular weight is 328 g/mol. The first-order valence-electron chi connectivity index (χ1n) is 5.86. The first-order valence-corrected chi connectivity index (χ1v) is 5.86. The van der Waals surface area contributed by atoms with Crippen LogP contribution < -0.4 is 10.1 Å². The largest absolute Gasteiger partial charge is 0.491 e. The van der Waals surface area contributed by atoms with Crippen LogP contribution in [-0.2, 0) is 0 Å². The molecule has 0 bridgehead atoms. The number of urea groups is 1. The SMILES string of the molecule is COc1c(F)cc(NC(=O)N(C)C[C@H](O)C(F)(F)F)cc1F. The zero-order chi connectivity index (χ0) is 17.1. The van der Waals surface area contributed by atoms with Gasteiger partial charge < -0.3 is 20.1 Å². The summed E-state index contributed by atoms with van der Waals surface area (Å²) in [6.45, 7) is -1.03. The molecule has 124 valence electrons. The zero-order valence-corrected chi connectivity index (χ0v) is 11.5. The number of nitrogens with one attached hydrogen (secondary N) is 1. The molecule has 1 atom stereocenters. The number of aliphatic hydroxyl groups excluding tert-OH is 1. The monoisotopic (exact) mass is 328 g/mol. The molecule has 1 aromatic rings. The molecule has 0 unspecified atom stereocenters. The van der Waals surface area contributed by atoms with Crippen LogP contribution in [0.5, 0.6) is 5.75 Å². The minimum atomic E-state index is -4.88. The van der Waals surface area contributed by atoms with Gasteiger partial charge in [0.05, 0.1) is 13.7 Å². The van der Waals surface area contributed by atoms with E-state index in [1.54, 1.807) is 0 Å². The van der Waals surface area contributed by atoms with Gasteiger partial charge in [-0.15, -0.1) is 0 Å². The molecule has 5 nitrogen and oxygen atoms in total. The number of carbonyl (C=O) groups is 1. The van der Waals surface area contributed by atoms with Crippen molar-refractivity contribution in [3.63, 3.8) is 0 Å². The quantitative estimate of drug-likeness (QED) is 0.834. The Labute approximate surface area is 122 Å². The standard InChI is InChI=1S/C12H13F5N2O3/c1-19(5-9(20)12(15,16)17)11(21)18-6-3-7(13)10(22-2)8(14)4-6/h3-4,9,20H,5H2,1-2H3,(H,18,21)/t9-/m0/s1. The highest BCUT2D eigenvalue weighted by molar-refractivity contribution is 5.89. The van der Waals surface area contributed by atoms with Crippen LogP contribution in [0.15, 0.2) is 12.1 Å². The molecular formula is C12H13F5N2O3. The Balaban J connectivity index is 2.77. The Bertz CT molecular complexity index is 527. The second kappa shape index (κ2) is 6.77. The molecule has 1 aromatic carbocycles. The van der Waals surface area contributed by atoms with E-state index >= 15 is 0 Å². The summed E-state index contributed by atoms with van der Waals surface area (Å²) in [7, 11) is 2.03. The Morgan fingerprint density at radius 2 is 1.86 bits per heavy atom. The predicted octanol–water partition coefficient (Wildman–Crippen LogP) is 2.36.